The van der Waals surface area contributed by atoms with Crippen LogP contribution in [0.5, 0.6) is 0 Å². The van der Waals surface area contributed by atoms with E-state index in [2.05, 4.69) is 0 Å². The Bertz CT molecular complexity index is 363. The number of rotatable bonds is 3. The van der Waals surface area contributed by atoms with Gasteiger partial charge in [0.15, 0.2) is 0 Å². The maximum Gasteiger partial charge on any atom is 1.00 e. The molecule has 0 radical (unpaired) electrons. The minimum atomic E-state index is -4.91. The third kappa shape index (κ3) is 6.32. The average Bonchev–Trinajstić information content (AvgIpc) is 2.14. The van der Waals surface area contributed by atoms with Crippen LogP contribution in [0.15, 0.2) is 30.2 Å². The van der Waals surface area contributed by atoms with Crippen molar-refractivity contribution >= 4 is 19.3 Å². The molecule has 0 amide bonds. The summed E-state index contributed by atoms with van der Waals surface area (Å²) in [4.78, 5) is 10.3. The normalized spacial score (nSPS) is 11.1. The Morgan fingerprint density at radius 2 is 1.73 bits per heavy atom. The average molecular weight is 238 g/mol. The fourth-order valence-corrected chi connectivity index (χ4v) is 0.956. The minimum absolute atomic E-state index is 0. The van der Waals surface area contributed by atoms with E-state index < -0.39 is 6.98 Å². The van der Waals surface area contributed by atoms with E-state index in [1.54, 1.807) is 0 Å². The van der Waals surface area contributed by atoms with E-state index in [-0.39, 0.29) is 57.4 Å². The molecule has 0 bridgehead atoms. The molecule has 1 nitrogen and oxygen atoms in total. The Balaban J connectivity index is 0.00000196. The molecule has 74 valence electrons. The summed E-state index contributed by atoms with van der Waals surface area (Å²) in [7, 11) is 0. The van der Waals surface area contributed by atoms with Crippen LogP contribution in [0.1, 0.15) is 15.9 Å². The summed E-state index contributed by atoms with van der Waals surface area (Å²) < 4.78 is 35.5. The third-order valence-electron chi connectivity index (χ3n) is 1.55. The van der Waals surface area contributed by atoms with Crippen LogP contribution in [0.25, 0.3) is 6.08 Å². The van der Waals surface area contributed by atoms with Crippen molar-refractivity contribution in [3.05, 3.63) is 41.4 Å². The topological polar surface area (TPSA) is 17.1 Å². The van der Waals surface area contributed by atoms with Crippen LogP contribution in [0.3, 0.4) is 0 Å². The molecule has 0 N–H and O–H groups in total. The van der Waals surface area contributed by atoms with Gasteiger partial charge in [-0.1, -0.05) is 24.3 Å². The van der Waals surface area contributed by atoms with Gasteiger partial charge in [-0.15, -0.1) is 5.98 Å². The Kier molecular flexibility index (Phi) is 6.70. The van der Waals surface area contributed by atoms with Gasteiger partial charge in [0, 0.05) is 5.56 Å². The predicted molar refractivity (Wildman–Crippen MR) is 49.9 cm³/mol. The minimum Gasteiger partial charge on any atom is -0.445 e. The molecule has 0 atom stereocenters. The zero-order valence-electron chi connectivity index (χ0n) is 8.16. The molecule has 1 rings (SSSR count). The molecule has 0 spiro atoms. The van der Waals surface area contributed by atoms with Crippen LogP contribution >= 0.6 is 0 Å². The molecule has 15 heavy (non-hydrogen) atoms. The Morgan fingerprint density at radius 1 is 1.13 bits per heavy atom. The fraction of sp³-hybridized carbons (Fsp3) is 0. The van der Waals surface area contributed by atoms with Crippen LogP contribution in [0, 0.1) is 0 Å². The van der Waals surface area contributed by atoms with E-state index in [0.717, 1.165) is 6.08 Å². The van der Waals surface area contributed by atoms with Gasteiger partial charge in [-0.25, -0.2) is 0 Å². The molecule has 1 aromatic carbocycles. The summed E-state index contributed by atoms with van der Waals surface area (Å²) in [5.74, 6) is 0.198. The van der Waals surface area contributed by atoms with Crippen molar-refractivity contribution in [1.29, 1.82) is 0 Å². The van der Waals surface area contributed by atoms with Crippen molar-refractivity contribution in [2.24, 2.45) is 0 Å². The van der Waals surface area contributed by atoms with Crippen LogP contribution in [0.2, 0.25) is 0 Å². The van der Waals surface area contributed by atoms with Gasteiger partial charge in [0.05, 0.1) is 0 Å². The first kappa shape index (κ1) is 15.1. The van der Waals surface area contributed by atoms with Crippen LogP contribution in [0.4, 0.5) is 12.9 Å². The van der Waals surface area contributed by atoms with Gasteiger partial charge in [-0.3, -0.25) is 4.79 Å². The van der Waals surface area contributed by atoms with Crippen molar-refractivity contribution in [1.82, 2.24) is 0 Å². The van der Waals surface area contributed by atoms with E-state index in [1.165, 1.54) is 24.3 Å². The molecule has 6 heteroatoms. The van der Waals surface area contributed by atoms with Gasteiger partial charge in [-0.2, -0.15) is 0 Å². The van der Waals surface area contributed by atoms with Crippen molar-refractivity contribution < 1.29 is 69.1 Å². The summed E-state index contributed by atoms with van der Waals surface area (Å²) in [5, 5.41) is 0. The van der Waals surface area contributed by atoms with Gasteiger partial charge in [0.1, 0.15) is 6.29 Å². The maximum atomic E-state index is 11.8. The second-order valence-corrected chi connectivity index (χ2v) is 2.77. The number of aldehydes is 1. The van der Waals surface area contributed by atoms with Gasteiger partial charge in [0.25, 0.3) is 0 Å². The fourth-order valence-electron chi connectivity index (χ4n) is 0.956. The molecule has 0 heterocycles. The summed E-state index contributed by atoms with van der Waals surface area (Å²) in [6.45, 7) is -4.91. The number of hydrogen-bond donors (Lipinski definition) is 0. The molecule has 0 aliphatic heterocycles. The van der Waals surface area contributed by atoms with E-state index in [0.29, 0.717) is 17.4 Å². The molecular formula is C9H7BF3KO. The third-order valence-corrected chi connectivity index (χ3v) is 1.55. The van der Waals surface area contributed by atoms with Crippen molar-refractivity contribution in [2.45, 2.75) is 0 Å². The molecular weight excluding hydrogens is 231 g/mol. The van der Waals surface area contributed by atoms with Crippen LogP contribution in [-0.4, -0.2) is 13.3 Å². The summed E-state index contributed by atoms with van der Waals surface area (Å²) in [5.41, 5.74) is 0.732. The number of carbonyl (C=O) groups is 1. The molecule has 0 saturated carbocycles. The number of halogens is 3. The van der Waals surface area contributed by atoms with E-state index in [4.69, 9.17) is 0 Å². The van der Waals surface area contributed by atoms with Crippen molar-refractivity contribution in [2.75, 3.05) is 0 Å². The second-order valence-electron chi connectivity index (χ2n) is 2.77. The molecule has 0 aliphatic carbocycles. The van der Waals surface area contributed by atoms with E-state index in [9.17, 15) is 17.7 Å². The van der Waals surface area contributed by atoms with Gasteiger partial charge in [0.2, 0.25) is 0 Å². The summed E-state index contributed by atoms with van der Waals surface area (Å²) in [6, 6.07) is 5.96. The molecule has 0 fully saturated rings. The van der Waals surface area contributed by atoms with Crippen molar-refractivity contribution in [3.63, 3.8) is 0 Å². The van der Waals surface area contributed by atoms with Crippen LogP contribution < -0.4 is 51.4 Å². The van der Waals surface area contributed by atoms with Gasteiger partial charge >= 0.3 is 58.4 Å². The number of carbonyl (C=O) groups excluding carboxylic acids is 1. The van der Waals surface area contributed by atoms with Crippen molar-refractivity contribution in [3.8, 4) is 0 Å². The first-order valence-corrected chi connectivity index (χ1v) is 3.96. The smallest absolute Gasteiger partial charge is 0.445 e. The molecule has 1 aromatic rings. The quantitative estimate of drug-likeness (QED) is 0.531. The largest absolute Gasteiger partial charge is 1.00 e. The first-order chi connectivity index (χ1) is 6.51. The molecule has 0 unspecified atom stereocenters. The van der Waals surface area contributed by atoms with Gasteiger partial charge in [-0.05, 0) is 11.6 Å². The Morgan fingerprint density at radius 3 is 2.27 bits per heavy atom. The standard InChI is InChI=1S/C9H7BF3O.K/c11-10(12,13)5-4-8-2-1-3-9(6-8)7-14;/h1-7H;/q-1;+1/b5-4+;. The van der Waals surface area contributed by atoms with Gasteiger partial charge < -0.3 is 12.9 Å². The SMILES string of the molecule is O=Cc1cccc(/C=C/[B-](F)(F)F)c1.[K+]. The zero-order valence-corrected chi connectivity index (χ0v) is 11.3. The number of benzene rings is 1. The summed E-state index contributed by atoms with van der Waals surface area (Å²) in [6.07, 6.45) is 1.54. The Hall–Kier alpha value is 0.121. The molecule has 0 saturated heterocycles. The maximum absolute atomic E-state index is 11.8. The van der Waals surface area contributed by atoms with E-state index >= 15 is 0 Å². The summed E-state index contributed by atoms with van der Waals surface area (Å²) >= 11 is 0. The molecule has 0 aromatic heterocycles. The number of hydrogen-bond acceptors (Lipinski definition) is 1. The van der Waals surface area contributed by atoms with E-state index in [1.807, 2.05) is 0 Å². The zero-order chi connectivity index (χ0) is 10.6. The monoisotopic (exact) mass is 238 g/mol. The Labute approximate surface area is 128 Å². The first-order valence-electron chi connectivity index (χ1n) is 3.96. The predicted octanol–water partition coefficient (Wildman–Crippen LogP) is -0.0971. The second kappa shape index (κ2) is 6.65. The molecule has 0 aliphatic rings. The van der Waals surface area contributed by atoms with Crippen LogP contribution in [-0.2, 0) is 0 Å².